The van der Waals surface area contributed by atoms with Gasteiger partial charge in [-0.2, -0.15) is 0 Å². The van der Waals surface area contributed by atoms with Gasteiger partial charge in [-0.25, -0.2) is 0 Å². The van der Waals surface area contributed by atoms with Gasteiger partial charge < -0.3 is 15.4 Å². The quantitative estimate of drug-likeness (QED) is 0.579. The van der Waals surface area contributed by atoms with E-state index < -0.39 is 6.10 Å². The number of amides is 1. The lowest BCUT2D eigenvalue weighted by atomic mass is 10.3. The van der Waals surface area contributed by atoms with Crippen molar-refractivity contribution in [1.29, 1.82) is 0 Å². The van der Waals surface area contributed by atoms with Gasteiger partial charge in [0.25, 0.3) is 0 Å². The number of terminal acetylenes is 1. The molecule has 0 bridgehead atoms. The van der Waals surface area contributed by atoms with Crippen molar-refractivity contribution in [2.45, 2.75) is 26.1 Å². The first-order valence-corrected chi connectivity index (χ1v) is 4.63. The maximum Gasteiger partial charge on any atom is 0.249 e. The van der Waals surface area contributed by atoms with Gasteiger partial charge in [-0.1, -0.05) is 5.92 Å². The topological polar surface area (TPSA) is 50.4 Å². The molecule has 0 saturated carbocycles. The van der Waals surface area contributed by atoms with Crippen LogP contribution < -0.4 is 10.6 Å². The number of hydrogen-bond acceptors (Lipinski definition) is 3. The van der Waals surface area contributed by atoms with Crippen LogP contribution in [-0.2, 0) is 9.53 Å². The molecule has 4 nitrogen and oxygen atoms in total. The molecule has 0 aromatic carbocycles. The molecule has 0 spiro atoms. The summed E-state index contributed by atoms with van der Waals surface area (Å²) >= 11 is 0. The number of likely N-dealkylation sites (N-methyl/N-ethyl adjacent to an activating group) is 1. The van der Waals surface area contributed by atoms with Gasteiger partial charge in [-0.05, 0) is 20.9 Å². The number of hydrogen-bond donors (Lipinski definition) is 2. The van der Waals surface area contributed by atoms with Crippen LogP contribution in [0.1, 0.15) is 13.8 Å². The Balaban J connectivity index is 3.77. The summed E-state index contributed by atoms with van der Waals surface area (Å²) in [6.45, 7) is 4.57. The normalized spacial score (nSPS) is 14.1. The highest BCUT2D eigenvalue weighted by atomic mass is 16.5. The molecular formula is C10H18N2O2. The van der Waals surface area contributed by atoms with E-state index in [1.807, 2.05) is 14.0 Å². The van der Waals surface area contributed by atoms with E-state index in [0.717, 1.165) is 0 Å². The molecule has 0 rings (SSSR count). The molecule has 80 valence electrons. The fourth-order valence-electron chi connectivity index (χ4n) is 1.03. The Morgan fingerprint density at radius 1 is 1.57 bits per heavy atom. The minimum atomic E-state index is -0.466. The highest BCUT2D eigenvalue weighted by Gasteiger charge is 2.15. The molecule has 0 saturated heterocycles. The Morgan fingerprint density at radius 2 is 2.21 bits per heavy atom. The third-order valence-electron chi connectivity index (χ3n) is 1.66. The van der Waals surface area contributed by atoms with E-state index in [-0.39, 0.29) is 18.6 Å². The molecule has 0 fully saturated rings. The van der Waals surface area contributed by atoms with E-state index >= 15 is 0 Å². The summed E-state index contributed by atoms with van der Waals surface area (Å²) in [5.74, 6) is 2.16. The molecule has 0 aromatic rings. The SMILES string of the molecule is C#CCNC(=O)C(C)OC(C)CNC. The second-order valence-electron chi connectivity index (χ2n) is 3.07. The summed E-state index contributed by atoms with van der Waals surface area (Å²) in [7, 11) is 1.84. The Morgan fingerprint density at radius 3 is 2.71 bits per heavy atom. The molecule has 14 heavy (non-hydrogen) atoms. The first-order chi connectivity index (χ1) is 6.61. The first kappa shape index (κ1) is 12.9. The molecule has 0 aliphatic rings. The van der Waals surface area contributed by atoms with Gasteiger partial charge in [0.05, 0.1) is 12.6 Å². The van der Waals surface area contributed by atoms with Gasteiger partial charge in [-0.15, -0.1) is 6.42 Å². The zero-order valence-corrected chi connectivity index (χ0v) is 8.96. The van der Waals surface area contributed by atoms with Gasteiger partial charge in [0, 0.05) is 6.54 Å². The lowest BCUT2D eigenvalue weighted by molar-refractivity contribution is -0.134. The number of ether oxygens (including phenoxy) is 1. The van der Waals surface area contributed by atoms with Crippen molar-refractivity contribution in [2.24, 2.45) is 0 Å². The van der Waals surface area contributed by atoms with E-state index in [9.17, 15) is 4.79 Å². The number of rotatable bonds is 6. The number of carbonyl (C=O) groups excluding carboxylic acids is 1. The fraction of sp³-hybridized carbons (Fsp3) is 0.700. The molecule has 0 aliphatic carbocycles. The molecule has 0 radical (unpaired) electrons. The molecule has 2 unspecified atom stereocenters. The number of carbonyl (C=O) groups is 1. The summed E-state index contributed by atoms with van der Waals surface area (Å²) in [6.07, 6.45) is 4.55. The molecule has 4 heteroatoms. The molecular weight excluding hydrogens is 180 g/mol. The summed E-state index contributed by atoms with van der Waals surface area (Å²) in [5.41, 5.74) is 0. The monoisotopic (exact) mass is 198 g/mol. The minimum Gasteiger partial charge on any atom is -0.364 e. The average Bonchev–Trinajstić information content (AvgIpc) is 2.14. The zero-order chi connectivity index (χ0) is 11.0. The van der Waals surface area contributed by atoms with E-state index in [0.29, 0.717) is 6.54 Å². The van der Waals surface area contributed by atoms with Crippen LogP contribution in [0.4, 0.5) is 0 Å². The van der Waals surface area contributed by atoms with Crippen LogP contribution >= 0.6 is 0 Å². The maximum atomic E-state index is 11.3. The summed E-state index contributed by atoms with van der Waals surface area (Å²) < 4.78 is 5.41. The average molecular weight is 198 g/mol. The van der Waals surface area contributed by atoms with Crippen LogP contribution in [0.25, 0.3) is 0 Å². The van der Waals surface area contributed by atoms with Crippen molar-refractivity contribution >= 4 is 5.91 Å². The van der Waals surface area contributed by atoms with Crippen LogP contribution in [0.2, 0.25) is 0 Å². The van der Waals surface area contributed by atoms with Crippen LogP contribution in [0.5, 0.6) is 0 Å². The third-order valence-corrected chi connectivity index (χ3v) is 1.66. The molecule has 0 heterocycles. The summed E-state index contributed by atoms with van der Waals surface area (Å²) in [6, 6.07) is 0. The van der Waals surface area contributed by atoms with Crippen LogP contribution in [0.15, 0.2) is 0 Å². The van der Waals surface area contributed by atoms with Crippen LogP contribution in [0, 0.1) is 12.3 Å². The van der Waals surface area contributed by atoms with Gasteiger partial charge in [-0.3, -0.25) is 4.79 Å². The number of nitrogens with one attached hydrogen (secondary N) is 2. The van der Waals surface area contributed by atoms with E-state index in [2.05, 4.69) is 16.6 Å². The van der Waals surface area contributed by atoms with Gasteiger partial charge in [0.2, 0.25) is 5.91 Å². The van der Waals surface area contributed by atoms with Crippen molar-refractivity contribution in [3.8, 4) is 12.3 Å². The molecule has 0 aliphatic heterocycles. The van der Waals surface area contributed by atoms with Gasteiger partial charge >= 0.3 is 0 Å². The summed E-state index contributed by atoms with van der Waals surface area (Å²) in [4.78, 5) is 11.3. The highest BCUT2D eigenvalue weighted by Crippen LogP contribution is 1.96. The fourth-order valence-corrected chi connectivity index (χ4v) is 1.03. The molecule has 2 N–H and O–H groups in total. The van der Waals surface area contributed by atoms with E-state index in [1.165, 1.54) is 0 Å². The van der Waals surface area contributed by atoms with Crippen molar-refractivity contribution in [2.75, 3.05) is 20.1 Å². The molecule has 0 aromatic heterocycles. The third kappa shape index (κ3) is 5.57. The second-order valence-corrected chi connectivity index (χ2v) is 3.07. The van der Waals surface area contributed by atoms with Crippen molar-refractivity contribution in [1.82, 2.24) is 10.6 Å². The minimum absolute atomic E-state index is 0.00610. The van der Waals surface area contributed by atoms with Gasteiger partial charge in [0.1, 0.15) is 6.10 Å². The second kappa shape index (κ2) is 7.36. The van der Waals surface area contributed by atoms with E-state index in [1.54, 1.807) is 6.92 Å². The van der Waals surface area contributed by atoms with Crippen molar-refractivity contribution in [3.05, 3.63) is 0 Å². The lowest BCUT2D eigenvalue weighted by Gasteiger charge is -2.17. The summed E-state index contributed by atoms with van der Waals surface area (Å²) in [5, 5.41) is 5.52. The smallest absolute Gasteiger partial charge is 0.249 e. The van der Waals surface area contributed by atoms with Crippen LogP contribution in [-0.4, -0.2) is 38.3 Å². The zero-order valence-electron chi connectivity index (χ0n) is 8.96. The maximum absolute atomic E-state index is 11.3. The van der Waals surface area contributed by atoms with E-state index in [4.69, 9.17) is 11.2 Å². The Bertz CT molecular complexity index is 211. The Labute approximate surface area is 85.4 Å². The molecule has 1 amide bonds. The van der Waals surface area contributed by atoms with Crippen molar-refractivity contribution < 1.29 is 9.53 Å². The Kier molecular flexibility index (Phi) is 6.81. The highest BCUT2D eigenvalue weighted by molar-refractivity contribution is 5.80. The van der Waals surface area contributed by atoms with Gasteiger partial charge in [0.15, 0.2) is 0 Å². The largest absolute Gasteiger partial charge is 0.364 e. The predicted octanol–water partition coefficient (Wildman–Crippen LogP) is -0.251. The lowest BCUT2D eigenvalue weighted by Crippen LogP contribution is -2.38. The standard InChI is InChI=1S/C10H18N2O2/c1-5-6-12-10(13)9(3)14-8(2)7-11-4/h1,8-9,11H,6-7H2,2-4H3,(H,12,13). The predicted molar refractivity (Wildman–Crippen MR) is 55.8 cm³/mol. The van der Waals surface area contributed by atoms with Crippen LogP contribution in [0.3, 0.4) is 0 Å². The first-order valence-electron chi connectivity index (χ1n) is 4.63. The Hall–Kier alpha value is -1.05. The van der Waals surface area contributed by atoms with Crippen molar-refractivity contribution in [3.63, 3.8) is 0 Å². The molecule has 2 atom stereocenters.